The number of hydrogen-bond acceptors (Lipinski definition) is 2. The van der Waals surface area contributed by atoms with E-state index in [-0.39, 0.29) is 17.8 Å². The second-order valence-electron chi connectivity index (χ2n) is 3.05. The second kappa shape index (κ2) is 5.32. The van der Waals surface area contributed by atoms with Crippen molar-refractivity contribution in [2.24, 2.45) is 0 Å². The molecule has 1 aromatic rings. The average Bonchev–Trinajstić information content (AvgIpc) is 2.20. The molecule has 1 aromatic carbocycles. The Labute approximate surface area is 106 Å². The quantitative estimate of drug-likeness (QED) is 0.844. The minimum absolute atomic E-state index is 0.0851. The number of halogens is 3. The number of hydrogen-bond donors (Lipinski definition) is 2. The lowest BCUT2D eigenvalue weighted by atomic mass is 10.2. The van der Waals surface area contributed by atoms with Gasteiger partial charge in [-0.1, -0.05) is 18.2 Å². The van der Waals surface area contributed by atoms with E-state index in [2.05, 4.69) is 27.8 Å². The third kappa shape index (κ3) is 3.21. The molecule has 0 saturated carbocycles. The highest BCUT2D eigenvalue weighted by Gasteiger charge is 2.12. The van der Waals surface area contributed by atoms with Gasteiger partial charge in [-0.2, -0.15) is 0 Å². The van der Waals surface area contributed by atoms with Gasteiger partial charge in [0.05, 0.1) is 17.8 Å². The maximum atomic E-state index is 13.0. The fraction of sp³-hybridized carbons (Fsp3) is 0.100. The number of nitrogens with one attached hydrogen (secondary N) is 1. The summed E-state index contributed by atoms with van der Waals surface area (Å²) in [6.07, 6.45) is 0. The van der Waals surface area contributed by atoms with Gasteiger partial charge in [-0.25, -0.2) is 4.39 Å². The van der Waals surface area contributed by atoms with Gasteiger partial charge < -0.3 is 11.1 Å². The van der Waals surface area contributed by atoms with E-state index in [1.807, 2.05) is 0 Å². The highest BCUT2D eigenvalue weighted by molar-refractivity contribution is 9.10. The zero-order chi connectivity index (χ0) is 12.3. The molecule has 0 radical (unpaired) electrons. The van der Waals surface area contributed by atoms with Gasteiger partial charge in [-0.05, 0) is 28.1 Å². The molecular formula is C10H9BrClFN2O. The third-order valence-electron chi connectivity index (χ3n) is 1.77. The molecule has 0 aromatic heterocycles. The molecule has 3 N–H and O–H groups in total. The Morgan fingerprint density at radius 3 is 2.81 bits per heavy atom. The molecule has 0 bridgehead atoms. The molecule has 0 aliphatic rings. The highest BCUT2D eigenvalue weighted by atomic mass is 79.9. The molecule has 6 heteroatoms. The first-order valence-electron chi connectivity index (χ1n) is 4.28. The van der Waals surface area contributed by atoms with Crippen LogP contribution in [0.15, 0.2) is 28.2 Å². The molecule has 86 valence electrons. The molecule has 16 heavy (non-hydrogen) atoms. The summed E-state index contributed by atoms with van der Waals surface area (Å²) in [5.74, 6) is -0.981. The zero-order valence-corrected chi connectivity index (χ0v) is 10.5. The largest absolute Gasteiger partial charge is 0.396 e. The van der Waals surface area contributed by atoms with Gasteiger partial charge in [-0.15, -0.1) is 0 Å². The molecule has 0 saturated heterocycles. The Kier molecular flexibility index (Phi) is 4.32. The first-order valence-corrected chi connectivity index (χ1v) is 5.45. The Hall–Kier alpha value is -1.07. The van der Waals surface area contributed by atoms with Crippen LogP contribution in [-0.2, 0) is 0 Å². The van der Waals surface area contributed by atoms with E-state index in [0.29, 0.717) is 9.51 Å². The van der Waals surface area contributed by atoms with Crippen molar-refractivity contribution in [3.8, 4) is 0 Å². The third-order valence-corrected chi connectivity index (χ3v) is 2.56. The minimum atomic E-state index is -0.579. The van der Waals surface area contributed by atoms with E-state index in [0.717, 1.165) is 6.07 Å². The molecule has 0 spiro atoms. The summed E-state index contributed by atoms with van der Waals surface area (Å²) >= 11 is 8.58. The van der Waals surface area contributed by atoms with Gasteiger partial charge in [0, 0.05) is 9.51 Å². The van der Waals surface area contributed by atoms with Crippen LogP contribution in [-0.4, -0.2) is 12.5 Å². The van der Waals surface area contributed by atoms with Gasteiger partial charge in [-0.3, -0.25) is 4.79 Å². The fourth-order valence-electron chi connectivity index (χ4n) is 1.01. The number of anilines is 1. The SMILES string of the molecule is C=C(Cl)CNC(=O)c1cc(N)c(F)cc1Br. The van der Waals surface area contributed by atoms with Gasteiger partial charge in [0.2, 0.25) is 0 Å². The number of benzene rings is 1. The van der Waals surface area contributed by atoms with Gasteiger partial charge in [0.15, 0.2) is 0 Å². The summed E-state index contributed by atoms with van der Waals surface area (Å²) in [6.45, 7) is 3.57. The minimum Gasteiger partial charge on any atom is -0.396 e. The van der Waals surface area contributed by atoms with Crippen LogP contribution in [0.2, 0.25) is 0 Å². The predicted molar refractivity (Wildman–Crippen MR) is 65.8 cm³/mol. The van der Waals surface area contributed by atoms with E-state index in [9.17, 15) is 9.18 Å². The average molecular weight is 308 g/mol. The van der Waals surface area contributed by atoms with Gasteiger partial charge in [0.25, 0.3) is 5.91 Å². The van der Waals surface area contributed by atoms with E-state index < -0.39 is 11.7 Å². The van der Waals surface area contributed by atoms with Crippen molar-refractivity contribution < 1.29 is 9.18 Å². The van der Waals surface area contributed by atoms with Crippen molar-refractivity contribution in [1.82, 2.24) is 5.32 Å². The smallest absolute Gasteiger partial charge is 0.252 e. The van der Waals surface area contributed by atoms with Crippen LogP contribution in [0, 0.1) is 5.82 Å². The summed E-state index contributed by atoms with van der Waals surface area (Å²) in [6, 6.07) is 2.39. The predicted octanol–water partition coefficient (Wildman–Crippen LogP) is 2.65. The summed E-state index contributed by atoms with van der Waals surface area (Å²) in [7, 11) is 0. The maximum absolute atomic E-state index is 13.0. The molecule has 0 unspecified atom stereocenters. The van der Waals surface area contributed by atoms with Gasteiger partial charge in [0.1, 0.15) is 5.82 Å². The molecular weight excluding hydrogens is 298 g/mol. The molecule has 0 aliphatic carbocycles. The van der Waals surface area contributed by atoms with Crippen molar-refractivity contribution in [2.45, 2.75) is 0 Å². The van der Waals surface area contributed by atoms with Crippen molar-refractivity contribution in [2.75, 3.05) is 12.3 Å². The number of nitrogens with two attached hydrogens (primary N) is 1. The van der Waals surface area contributed by atoms with E-state index in [1.54, 1.807) is 0 Å². The fourth-order valence-corrected chi connectivity index (χ4v) is 1.57. The van der Waals surface area contributed by atoms with Crippen molar-refractivity contribution in [1.29, 1.82) is 0 Å². The van der Waals surface area contributed by atoms with Crippen LogP contribution in [0.25, 0.3) is 0 Å². The van der Waals surface area contributed by atoms with Gasteiger partial charge >= 0.3 is 0 Å². The Balaban J connectivity index is 2.91. The monoisotopic (exact) mass is 306 g/mol. The van der Waals surface area contributed by atoms with E-state index in [4.69, 9.17) is 17.3 Å². The molecule has 0 heterocycles. The summed E-state index contributed by atoms with van der Waals surface area (Å²) in [5.41, 5.74) is 5.53. The van der Waals surface area contributed by atoms with Crippen LogP contribution >= 0.6 is 27.5 Å². The number of amides is 1. The molecule has 0 atom stereocenters. The molecule has 1 rings (SSSR count). The first-order chi connectivity index (χ1) is 7.41. The number of carbonyl (C=O) groups excluding carboxylic acids is 1. The van der Waals surface area contributed by atoms with Crippen molar-refractivity contribution in [3.63, 3.8) is 0 Å². The van der Waals surface area contributed by atoms with Crippen LogP contribution in [0.5, 0.6) is 0 Å². The second-order valence-corrected chi connectivity index (χ2v) is 4.44. The van der Waals surface area contributed by atoms with E-state index >= 15 is 0 Å². The van der Waals surface area contributed by atoms with Crippen LogP contribution in [0.1, 0.15) is 10.4 Å². The topological polar surface area (TPSA) is 55.1 Å². The normalized spacial score (nSPS) is 9.94. The van der Waals surface area contributed by atoms with Crippen molar-refractivity contribution in [3.05, 3.63) is 39.6 Å². The number of nitrogen functional groups attached to an aromatic ring is 1. The first kappa shape index (κ1) is 13.0. The summed E-state index contributed by atoms with van der Waals surface area (Å²) < 4.78 is 13.3. The summed E-state index contributed by atoms with van der Waals surface area (Å²) in [5, 5.41) is 2.81. The molecule has 0 fully saturated rings. The van der Waals surface area contributed by atoms with Crippen molar-refractivity contribution >= 4 is 39.1 Å². The van der Waals surface area contributed by atoms with E-state index in [1.165, 1.54) is 6.07 Å². The van der Waals surface area contributed by atoms with Crippen LogP contribution < -0.4 is 11.1 Å². The van der Waals surface area contributed by atoms with Crippen LogP contribution in [0.4, 0.5) is 10.1 Å². The maximum Gasteiger partial charge on any atom is 0.252 e. The lowest BCUT2D eigenvalue weighted by Gasteiger charge is -2.07. The zero-order valence-electron chi connectivity index (χ0n) is 8.19. The Morgan fingerprint density at radius 2 is 2.25 bits per heavy atom. The lowest BCUT2D eigenvalue weighted by Crippen LogP contribution is -2.25. The summed E-state index contributed by atoms with van der Waals surface area (Å²) in [4.78, 5) is 11.6. The number of carbonyl (C=O) groups is 1. The Bertz CT molecular complexity index is 451. The number of rotatable bonds is 3. The van der Waals surface area contributed by atoms with Crippen LogP contribution in [0.3, 0.4) is 0 Å². The highest BCUT2D eigenvalue weighted by Crippen LogP contribution is 2.22. The molecule has 0 aliphatic heterocycles. The standard InChI is InChI=1S/C10H9BrClFN2O/c1-5(12)4-15-10(16)6-2-9(14)8(13)3-7(6)11/h2-3H,1,4,14H2,(H,15,16). The lowest BCUT2D eigenvalue weighted by molar-refractivity contribution is 0.0957. The molecule has 1 amide bonds. The Morgan fingerprint density at radius 1 is 1.62 bits per heavy atom. The molecule has 3 nitrogen and oxygen atoms in total.